The predicted molar refractivity (Wildman–Crippen MR) is 100 cm³/mol. The number of rotatable bonds is 1. The Bertz CT molecular complexity index is 699. The van der Waals surface area contributed by atoms with Gasteiger partial charge in [-0.05, 0) is 78.0 Å². The first-order chi connectivity index (χ1) is 10.2. The van der Waals surface area contributed by atoms with E-state index in [1.165, 1.54) is 55.2 Å². The summed E-state index contributed by atoms with van der Waals surface area (Å²) in [6.07, 6.45) is 7.22. The fraction of sp³-hybridized carbons (Fsp3) is 0.389. The third-order valence-corrected chi connectivity index (χ3v) is 6.92. The number of fused-ring (bicyclic) bond motifs is 1. The largest absolute Gasteiger partial charge is 0.257 e. The molecule has 0 radical (unpaired) electrons. The molecule has 1 atom stereocenters. The van der Waals surface area contributed by atoms with Crippen LogP contribution in [0.15, 0.2) is 45.4 Å². The molecule has 1 aromatic rings. The van der Waals surface area contributed by atoms with Crippen molar-refractivity contribution in [1.82, 2.24) is 0 Å². The minimum absolute atomic E-state index is 0.453. The first kappa shape index (κ1) is 14.1. The van der Waals surface area contributed by atoms with Crippen LogP contribution in [0.3, 0.4) is 0 Å². The molecule has 0 aromatic heterocycles. The van der Waals surface area contributed by atoms with Gasteiger partial charge in [-0.1, -0.05) is 18.2 Å². The first-order valence-corrected chi connectivity index (χ1v) is 9.70. The molecule has 1 aliphatic carbocycles. The lowest BCUT2D eigenvalue weighted by atomic mass is 9.80. The fourth-order valence-corrected chi connectivity index (χ4v) is 5.24. The highest BCUT2D eigenvalue weighted by Crippen LogP contribution is 2.50. The zero-order chi connectivity index (χ0) is 14.4. The number of nitrogens with zero attached hydrogens (tertiary/aromatic N) is 1. The molecule has 3 aliphatic rings. The van der Waals surface area contributed by atoms with E-state index >= 15 is 0 Å². The van der Waals surface area contributed by atoms with Gasteiger partial charge in [0.05, 0.1) is 5.70 Å². The summed E-state index contributed by atoms with van der Waals surface area (Å²) in [5.74, 6) is 1.66. The summed E-state index contributed by atoms with van der Waals surface area (Å²) in [6, 6.07) is 6.97. The second-order valence-corrected chi connectivity index (χ2v) is 8.26. The zero-order valence-corrected chi connectivity index (χ0v) is 15.1. The van der Waals surface area contributed by atoms with Crippen molar-refractivity contribution in [1.29, 1.82) is 0 Å². The normalized spacial score (nSPS) is 24.4. The Morgan fingerprint density at radius 1 is 1.29 bits per heavy atom. The lowest BCUT2D eigenvalue weighted by molar-refractivity contribution is 0.821. The summed E-state index contributed by atoms with van der Waals surface area (Å²) in [5, 5.41) is 0. The van der Waals surface area contributed by atoms with Crippen LogP contribution in [0.1, 0.15) is 42.7 Å². The maximum Gasteiger partial charge on any atom is 0.0519 e. The fourth-order valence-electron chi connectivity index (χ4n) is 3.44. The lowest BCUT2D eigenvalue weighted by Crippen LogP contribution is -2.20. The number of benzene rings is 1. The molecular formula is C18H18INS. The van der Waals surface area contributed by atoms with Crippen LogP contribution in [0.4, 0.5) is 0 Å². The van der Waals surface area contributed by atoms with E-state index in [9.17, 15) is 0 Å². The van der Waals surface area contributed by atoms with Gasteiger partial charge >= 0.3 is 0 Å². The molecule has 0 bridgehead atoms. The summed E-state index contributed by atoms with van der Waals surface area (Å²) >= 11 is 4.49. The molecule has 3 heteroatoms. The van der Waals surface area contributed by atoms with E-state index < -0.39 is 0 Å². The molecule has 2 aliphatic heterocycles. The van der Waals surface area contributed by atoms with Gasteiger partial charge in [0.1, 0.15) is 0 Å². The average molecular weight is 407 g/mol. The number of aliphatic imine (C=N–C) groups is 1. The monoisotopic (exact) mass is 407 g/mol. The van der Waals surface area contributed by atoms with Gasteiger partial charge in [0.2, 0.25) is 0 Å². The molecule has 0 saturated carbocycles. The number of aryl methyl sites for hydroxylation is 1. The van der Waals surface area contributed by atoms with Crippen molar-refractivity contribution in [3.05, 3.63) is 55.1 Å². The van der Waals surface area contributed by atoms with Crippen LogP contribution in [0.25, 0.3) is 0 Å². The Kier molecular flexibility index (Phi) is 3.74. The molecule has 1 aromatic carbocycles. The van der Waals surface area contributed by atoms with Crippen molar-refractivity contribution in [2.75, 3.05) is 5.75 Å². The van der Waals surface area contributed by atoms with E-state index in [4.69, 9.17) is 4.99 Å². The zero-order valence-electron chi connectivity index (χ0n) is 12.2. The number of hydrogen-bond acceptors (Lipinski definition) is 2. The molecule has 21 heavy (non-hydrogen) atoms. The molecule has 0 amide bonds. The summed E-state index contributed by atoms with van der Waals surface area (Å²) in [4.78, 5) is 6.51. The number of hydrogen-bond donors (Lipinski definition) is 0. The van der Waals surface area contributed by atoms with Crippen LogP contribution >= 0.6 is 34.4 Å². The molecule has 108 valence electrons. The second-order valence-electron chi connectivity index (χ2n) is 5.96. The molecule has 1 nitrogen and oxygen atoms in total. The average Bonchev–Trinajstić information content (AvgIpc) is 2.95. The summed E-state index contributed by atoms with van der Waals surface area (Å²) in [6.45, 7) is 2.19. The minimum Gasteiger partial charge on any atom is -0.257 e. The molecular weight excluding hydrogens is 389 g/mol. The second kappa shape index (κ2) is 5.58. The first-order valence-electron chi connectivity index (χ1n) is 7.64. The third kappa shape index (κ3) is 2.42. The van der Waals surface area contributed by atoms with Crippen LogP contribution in [-0.4, -0.2) is 11.5 Å². The van der Waals surface area contributed by atoms with Crippen molar-refractivity contribution in [2.45, 2.75) is 38.5 Å². The quantitative estimate of drug-likeness (QED) is 0.553. The van der Waals surface area contributed by atoms with Crippen molar-refractivity contribution in [2.24, 2.45) is 4.99 Å². The van der Waals surface area contributed by atoms with E-state index in [1.54, 1.807) is 0 Å². The Morgan fingerprint density at radius 2 is 2.19 bits per heavy atom. The molecule has 2 heterocycles. The minimum atomic E-state index is 0.453. The lowest BCUT2D eigenvalue weighted by Gasteiger charge is -2.30. The highest BCUT2D eigenvalue weighted by molar-refractivity contribution is 14.1. The van der Waals surface area contributed by atoms with Gasteiger partial charge in [0.15, 0.2) is 0 Å². The van der Waals surface area contributed by atoms with Crippen molar-refractivity contribution >= 4 is 40.1 Å². The Labute approximate surface area is 144 Å². The van der Waals surface area contributed by atoms with Crippen LogP contribution < -0.4 is 0 Å². The molecule has 0 fully saturated rings. The predicted octanol–water partition coefficient (Wildman–Crippen LogP) is 5.60. The van der Waals surface area contributed by atoms with E-state index in [1.807, 2.05) is 11.8 Å². The van der Waals surface area contributed by atoms with E-state index in [0.29, 0.717) is 5.92 Å². The van der Waals surface area contributed by atoms with Crippen LogP contribution in [0.5, 0.6) is 0 Å². The Balaban J connectivity index is 1.86. The maximum atomic E-state index is 4.99. The van der Waals surface area contributed by atoms with Gasteiger partial charge in [-0.15, -0.1) is 11.8 Å². The SMILES string of the molecule is Cc1ccc(C2C3=CCCCC3=NC3=C2SCC3)cc1I. The highest BCUT2D eigenvalue weighted by atomic mass is 127. The Hall–Kier alpha value is -0.550. The summed E-state index contributed by atoms with van der Waals surface area (Å²) in [7, 11) is 0. The maximum absolute atomic E-state index is 4.99. The standard InChI is InChI=1S/C18H18INS/c1-11-6-7-12(10-14(11)19)17-13-4-2-3-5-15(13)20-16-8-9-21-18(16)17/h4,6-7,10,17H,2-3,5,8-9H2,1H3. The number of halogens is 1. The summed E-state index contributed by atoms with van der Waals surface area (Å²) in [5.41, 5.74) is 7.05. The number of allylic oxidation sites excluding steroid dienone is 4. The van der Waals surface area contributed by atoms with E-state index in [2.05, 4.69) is 53.8 Å². The van der Waals surface area contributed by atoms with Crippen molar-refractivity contribution in [3.63, 3.8) is 0 Å². The van der Waals surface area contributed by atoms with Crippen LogP contribution in [0.2, 0.25) is 0 Å². The Morgan fingerprint density at radius 3 is 3.05 bits per heavy atom. The van der Waals surface area contributed by atoms with E-state index in [0.717, 1.165) is 12.8 Å². The number of thioether (sulfide) groups is 1. The summed E-state index contributed by atoms with van der Waals surface area (Å²) < 4.78 is 1.37. The van der Waals surface area contributed by atoms with Gasteiger partial charge in [-0.25, -0.2) is 0 Å². The smallest absolute Gasteiger partial charge is 0.0519 e. The van der Waals surface area contributed by atoms with Gasteiger partial charge in [0.25, 0.3) is 0 Å². The van der Waals surface area contributed by atoms with Crippen LogP contribution in [-0.2, 0) is 0 Å². The molecule has 1 unspecified atom stereocenters. The topological polar surface area (TPSA) is 12.4 Å². The van der Waals surface area contributed by atoms with Gasteiger partial charge in [-0.3, -0.25) is 4.99 Å². The van der Waals surface area contributed by atoms with Gasteiger partial charge < -0.3 is 0 Å². The van der Waals surface area contributed by atoms with Gasteiger partial charge in [-0.2, -0.15) is 0 Å². The van der Waals surface area contributed by atoms with Crippen LogP contribution in [0, 0.1) is 10.5 Å². The van der Waals surface area contributed by atoms with Crippen molar-refractivity contribution in [3.8, 4) is 0 Å². The molecule has 0 N–H and O–H groups in total. The third-order valence-electron chi connectivity index (χ3n) is 4.57. The van der Waals surface area contributed by atoms with E-state index in [-0.39, 0.29) is 0 Å². The molecule has 0 saturated heterocycles. The molecule has 0 spiro atoms. The highest BCUT2D eigenvalue weighted by Gasteiger charge is 2.34. The van der Waals surface area contributed by atoms with Gasteiger partial charge in [0, 0.05) is 25.9 Å². The van der Waals surface area contributed by atoms with Crippen molar-refractivity contribution < 1.29 is 0 Å². The molecule has 4 rings (SSSR count).